The quantitative estimate of drug-likeness (QED) is 0.678. The zero-order valence-electron chi connectivity index (χ0n) is 14.7. The van der Waals surface area contributed by atoms with Gasteiger partial charge in [-0.2, -0.15) is 10.4 Å². The Morgan fingerprint density at radius 2 is 2.04 bits per heavy atom. The molecule has 1 aromatic heterocycles. The van der Waals surface area contributed by atoms with Gasteiger partial charge in [-0.1, -0.05) is 24.3 Å². The Labute approximate surface area is 153 Å². The van der Waals surface area contributed by atoms with Gasteiger partial charge < -0.3 is 10.1 Å². The highest BCUT2D eigenvalue weighted by Crippen LogP contribution is 2.16. The van der Waals surface area contributed by atoms with Crippen molar-refractivity contribution in [1.82, 2.24) is 20.1 Å². The van der Waals surface area contributed by atoms with E-state index in [9.17, 15) is 0 Å². The fourth-order valence-electron chi connectivity index (χ4n) is 2.61. The maximum absolute atomic E-state index is 8.96. The minimum Gasteiger partial charge on any atom is -0.489 e. The van der Waals surface area contributed by atoms with Gasteiger partial charge in [-0.05, 0) is 42.3 Å². The summed E-state index contributed by atoms with van der Waals surface area (Å²) in [5.74, 6) is 0.815. The van der Waals surface area contributed by atoms with Crippen LogP contribution in [0.4, 0.5) is 0 Å². The Hall–Kier alpha value is -3.17. The molecule has 3 rings (SSSR count). The van der Waals surface area contributed by atoms with Crippen molar-refractivity contribution in [2.24, 2.45) is 0 Å². The number of hydrogen-bond acceptors (Lipinski definition) is 5. The molecule has 0 aliphatic heterocycles. The summed E-state index contributed by atoms with van der Waals surface area (Å²) in [4.78, 5) is 3.95. The molecule has 0 saturated carbocycles. The van der Waals surface area contributed by atoms with Crippen molar-refractivity contribution in [2.75, 3.05) is 0 Å². The Balaban J connectivity index is 1.52. The molecular formula is C20H21N5O. The first-order valence-corrected chi connectivity index (χ1v) is 8.49. The predicted molar refractivity (Wildman–Crippen MR) is 98.3 cm³/mol. The van der Waals surface area contributed by atoms with Crippen LogP contribution in [0.5, 0.6) is 5.75 Å². The Bertz CT molecular complexity index is 870. The second kappa shape index (κ2) is 8.79. The monoisotopic (exact) mass is 347 g/mol. The van der Waals surface area contributed by atoms with Crippen molar-refractivity contribution in [2.45, 2.75) is 32.7 Å². The third kappa shape index (κ3) is 5.16. The smallest absolute Gasteiger partial charge is 0.137 e. The topological polar surface area (TPSA) is 75.8 Å². The number of nitrogens with one attached hydrogen (secondary N) is 1. The fraction of sp³-hybridized carbons (Fsp3) is 0.250. The van der Waals surface area contributed by atoms with Crippen LogP contribution in [0.2, 0.25) is 0 Å². The fourth-order valence-corrected chi connectivity index (χ4v) is 2.61. The van der Waals surface area contributed by atoms with E-state index in [1.54, 1.807) is 18.7 Å². The minimum absolute atomic E-state index is 0.273. The van der Waals surface area contributed by atoms with Crippen molar-refractivity contribution in [1.29, 1.82) is 5.26 Å². The molecule has 26 heavy (non-hydrogen) atoms. The molecule has 6 heteroatoms. The van der Waals surface area contributed by atoms with Crippen molar-refractivity contribution >= 4 is 0 Å². The average molecular weight is 347 g/mol. The average Bonchev–Trinajstić information content (AvgIpc) is 3.18. The van der Waals surface area contributed by atoms with Gasteiger partial charge in [-0.15, -0.1) is 0 Å². The first-order chi connectivity index (χ1) is 12.7. The Morgan fingerprint density at radius 1 is 1.19 bits per heavy atom. The lowest BCUT2D eigenvalue weighted by molar-refractivity contribution is 0.305. The van der Waals surface area contributed by atoms with Crippen LogP contribution in [0, 0.1) is 11.3 Å². The Morgan fingerprint density at radius 3 is 2.85 bits per heavy atom. The van der Waals surface area contributed by atoms with Gasteiger partial charge in [0, 0.05) is 12.6 Å². The number of benzene rings is 2. The van der Waals surface area contributed by atoms with Crippen LogP contribution in [-0.4, -0.2) is 20.8 Å². The summed E-state index contributed by atoms with van der Waals surface area (Å²) in [6, 6.07) is 17.9. The summed E-state index contributed by atoms with van der Waals surface area (Å²) in [6.07, 6.45) is 3.26. The second-order valence-electron chi connectivity index (χ2n) is 6.15. The summed E-state index contributed by atoms with van der Waals surface area (Å²) in [5.41, 5.74) is 2.78. The van der Waals surface area contributed by atoms with Gasteiger partial charge in [-0.25, -0.2) is 4.98 Å². The zero-order chi connectivity index (χ0) is 18.2. The molecular weight excluding hydrogens is 326 g/mol. The van der Waals surface area contributed by atoms with E-state index in [0.29, 0.717) is 12.2 Å². The highest BCUT2D eigenvalue weighted by atomic mass is 16.5. The van der Waals surface area contributed by atoms with E-state index in [0.717, 1.165) is 30.0 Å². The zero-order valence-corrected chi connectivity index (χ0v) is 14.7. The molecule has 0 unspecified atom stereocenters. The molecule has 1 N–H and O–H groups in total. The third-order valence-electron chi connectivity index (χ3n) is 3.94. The van der Waals surface area contributed by atoms with Crippen LogP contribution in [0.3, 0.4) is 0 Å². The highest BCUT2D eigenvalue weighted by molar-refractivity contribution is 5.33. The van der Waals surface area contributed by atoms with E-state index in [1.807, 2.05) is 41.1 Å². The first kappa shape index (κ1) is 17.6. The van der Waals surface area contributed by atoms with Crippen LogP contribution in [0.25, 0.3) is 0 Å². The molecule has 1 heterocycles. The lowest BCUT2D eigenvalue weighted by Gasteiger charge is -2.14. The lowest BCUT2D eigenvalue weighted by atomic mass is 10.1. The van der Waals surface area contributed by atoms with Gasteiger partial charge in [0.15, 0.2) is 0 Å². The normalized spacial score (nSPS) is 11.7. The van der Waals surface area contributed by atoms with Crippen LogP contribution >= 0.6 is 0 Å². The lowest BCUT2D eigenvalue weighted by Crippen LogP contribution is -2.30. The summed E-state index contributed by atoms with van der Waals surface area (Å²) < 4.78 is 7.68. The maximum atomic E-state index is 8.96. The van der Waals surface area contributed by atoms with E-state index < -0.39 is 0 Å². The number of hydrogen-bond donors (Lipinski definition) is 1. The molecule has 0 aliphatic rings. The predicted octanol–water partition coefficient (Wildman–Crippen LogP) is 2.91. The standard InChI is InChI=1S/C20H21N5O/c1-16(12-25-15-22-14-24-25)23-11-18-5-3-7-20(9-18)26-13-19-6-2-4-17(8-19)10-21/h2-9,14-16,23H,11-13H2,1H3/t16-/m0/s1. The number of aromatic nitrogens is 3. The van der Waals surface area contributed by atoms with E-state index in [-0.39, 0.29) is 6.04 Å². The molecule has 0 bridgehead atoms. The summed E-state index contributed by atoms with van der Waals surface area (Å²) in [5, 5.41) is 16.6. The maximum Gasteiger partial charge on any atom is 0.137 e. The number of nitrogens with zero attached hydrogens (tertiary/aromatic N) is 4. The van der Waals surface area contributed by atoms with Crippen molar-refractivity contribution in [3.8, 4) is 11.8 Å². The molecule has 0 fully saturated rings. The molecule has 3 aromatic rings. The van der Waals surface area contributed by atoms with Gasteiger partial charge in [0.1, 0.15) is 25.0 Å². The largest absolute Gasteiger partial charge is 0.489 e. The molecule has 1 atom stereocenters. The number of nitriles is 1. The SMILES string of the molecule is C[C@@H](Cn1cncn1)NCc1cccc(OCc2cccc(C#N)c2)c1. The highest BCUT2D eigenvalue weighted by Gasteiger charge is 2.04. The van der Waals surface area contributed by atoms with Crippen molar-refractivity contribution in [3.63, 3.8) is 0 Å². The Kier molecular flexibility index (Phi) is 5.96. The summed E-state index contributed by atoms with van der Waals surface area (Å²) in [6.45, 7) is 4.07. The van der Waals surface area contributed by atoms with Crippen LogP contribution < -0.4 is 10.1 Å². The van der Waals surface area contributed by atoms with Crippen LogP contribution in [0.15, 0.2) is 61.2 Å². The van der Waals surface area contributed by atoms with Gasteiger partial charge in [-0.3, -0.25) is 4.68 Å². The van der Waals surface area contributed by atoms with Crippen molar-refractivity contribution in [3.05, 3.63) is 77.9 Å². The van der Waals surface area contributed by atoms with E-state index in [4.69, 9.17) is 10.00 Å². The molecule has 0 spiro atoms. The molecule has 132 valence electrons. The van der Waals surface area contributed by atoms with Gasteiger partial charge >= 0.3 is 0 Å². The second-order valence-corrected chi connectivity index (χ2v) is 6.15. The molecule has 0 aliphatic carbocycles. The van der Waals surface area contributed by atoms with E-state index >= 15 is 0 Å². The van der Waals surface area contributed by atoms with Gasteiger partial charge in [0.05, 0.1) is 18.2 Å². The van der Waals surface area contributed by atoms with Crippen molar-refractivity contribution < 1.29 is 4.74 Å². The number of rotatable bonds is 8. The third-order valence-corrected chi connectivity index (χ3v) is 3.94. The van der Waals surface area contributed by atoms with Gasteiger partial charge in [0.25, 0.3) is 0 Å². The molecule has 0 radical (unpaired) electrons. The van der Waals surface area contributed by atoms with Crippen LogP contribution in [-0.2, 0) is 19.7 Å². The van der Waals surface area contributed by atoms with E-state index in [2.05, 4.69) is 34.5 Å². The van der Waals surface area contributed by atoms with Gasteiger partial charge in [0.2, 0.25) is 0 Å². The molecule has 2 aromatic carbocycles. The van der Waals surface area contributed by atoms with E-state index in [1.165, 1.54) is 0 Å². The molecule has 0 amide bonds. The number of ether oxygens (including phenoxy) is 1. The summed E-state index contributed by atoms with van der Waals surface area (Å²) in [7, 11) is 0. The molecule has 6 nitrogen and oxygen atoms in total. The van der Waals surface area contributed by atoms with Crippen LogP contribution in [0.1, 0.15) is 23.6 Å². The molecule has 0 saturated heterocycles. The minimum atomic E-state index is 0.273. The first-order valence-electron chi connectivity index (χ1n) is 8.49. The summed E-state index contributed by atoms with van der Waals surface area (Å²) >= 11 is 0.